The van der Waals surface area contributed by atoms with Gasteiger partial charge in [0.25, 0.3) is 0 Å². The number of nitrogens with two attached hydrogens (primary N) is 1. The van der Waals surface area contributed by atoms with Crippen molar-refractivity contribution in [1.29, 1.82) is 0 Å². The topological polar surface area (TPSA) is 35.2 Å². The lowest BCUT2D eigenvalue weighted by Crippen LogP contribution is -2.10. The Kier molecular flexibility index (Phi) is 8.07. The molecular weight excluding hydrogens is 170 g/mol. The molecule has 0 bridgehead atoms. The molecule has 0 radical (unpaired) electrons. The van der Waals surface area contributed by atoms with Crippen LogP contribution in [0.4, 0.5) is 0 Å². The van der Waals surface area contributed by atoms with Crippen molar-refractivity contribution in [2.24, 2.45) is 5.73 Å². The van der Waals surface area contributed by atoms with E-state index in [1.165, 1.54) is 0 Å². The number of rotatable bonds is 7. The van der Waals surface area contributed by atoms with Gasteiger partial charge >= 0.3 is 0 Å². The van der Waals surface area contributed by atoms with Crippen LogP contribution in [0.2, 0.25) is 0 Å². The van der Waals surface area contributed by atoms with Gasteiger partial charge < -0.3 is 10.5 Å². The molecule has 1 atom stereocenters. The van der Waals surface area contributed by atoms with Crippen molar-refractivity contribution in [2.45, 2.75) is 38.5 Å². The summed E-state index contributed by atoms with van der Waals surface area (Å²) in [6.07, 6.45) is 1.46. The van der Waals surface area contributed by atoms with Crippen molar-refractivity contribution in [3.8, 4) is 0 Å². The van der Waals surface area contributed by atoms with E-state index in [-0.39, 0.29) is 0 Å². The van der Waals surface area contributed by atoms with E-state index < -0.39 is 0 Å². The Morgan fingerprint density at radius 2 is 2.00 bits per heavy atom. The summed E-state index contributed by atoms with van der Waals surface area (Å²) in [6, 6.07) is 0. The van der Waals surface area contributed by atoms with Crippen LogP contribution in [0.15, 0.2) is 0 Å². The molecule has 0 aliphatic heterocycles. The summed E-state index contributed by atoms with van der Waals surface area (Å²) in [5, 5.41) is 0.672. The lowest BCUT2D eigenvalue weighted by atomic mass is 10.3. The Hall–Kier alpha value is 0.270. The first kappa shape index (κ1) is 12.3. The molecule has 0 amide bonds. The van der Waals surface area contributed by atoms with Crippen LogP contribution >= 0.6 is 11.8 Å². The highest BCUT2D eigenvalue weighted by atomic mass is 32.2. The van der Waals surface area contributed by atoms with Crippen LogP contribution in [0, 0.1) is 0 Å². The fourth-order valence-corrected chi connectivity index (χ4v) is 1.75. The summed E-state index contributed by atoms with van der Waals surface area (Å²) in [7, 11) is 0. The monoisotopic (exact) mass is 191 g/mol. The van der Waals surface area contributed by atoms with Gasteiger partial charge in [0.05, 0.1) is 12.7 Å². The molecule has 0 rings (SSSR count). The Labute approximate surface area is 80.2 Å². The summed E-state index contributed by atoms with van der Waals surface area (Å²) in [5.41, 5.74) is 5.44. The molecule has 0 aliphatic rings. The maximum absolute atomic E-state index is 5.44. The number of ether oxygens (including phenoxy) is 1. The summed E-state index contributed by atoms with van der Waals surface area (Å²) in [6.45, 7) is 7.99. The molecule has 0 aromatic rings. The SMILES string of the molecule is CC(C)OCCSC(C)CCN. The Morgan fingerprint density at radius 1 is 1.33 bits per heavy atom. The van der Waals surface area contributed by atoms with Crippen LogP contribution in [-0.4, -0.2) is 30.3 Å². The fourth-order valence-electron chi connectivity index (χ4n) is 0.851. The average Bonchev–Trinajstić information content (AvgIpc) is 1.98. The van der Waals surface area contributed by atoms with Gasteiger partial charge in [0.1, 0.15) is 0 Å². The van der Waals surface area contributed by atoms with Gasteiger partial charge in [-0.1, -0.05) is 6.92 Å². The highest BCUT2D eigenvalue weighted by molar-refractivity contribution is 7.99. The van der Waals surface area contributed by atoms with Gasteiger partial charge in [0, 0.05) is 11.0 Å². The molecule has 0 fully saturated rings. The molecule has 0 aromatic heterocycles. The van der Waals surface area contributed by atoms with Crippen LogP contribution in [0.1, 0.15) is 27.2 Å². The molecule has 12 heavy (non-hydrogen) atoms. The van der Waals surface area contributed by atoms with Crippen LogP contribution in [0.3, 0.4) is 0 Å². The van der Waals surface area contributed by atoms with E-state index in [4.69, 9.17) is 10.5 Å². The van der Waals surface area contributed by atoms with E-state index in [1.807, 2.05) is 11.8 Å². The van der Waals surface area contributed by atoms with Crippen molar-refractivity contribution in [2.75, 3.05) is 18.9 Å². The van der Waals surface area contributed by atoms with Crippen LogP contribution in [0.5, 0.6) is 0 Å². The van der Waals surface area contributed by atoms with Gasteiger partial charge in [-0.3, -0.25) is 0 Å². The molecule has 0 aromatic carbocycles. The normalized spacial score (nSPS) is 13.8. The number of thioether (sulfide) groups is 1. The predicted octanol–water partition coefficient (Wildman–Crippen LogP) is 1.88. The van der Waals surface area contributed by atoms with Crippen LogP contribution in [-0.2, 0) is 4.74 Å². The largest absolute Gasteiger partial charge is 0.378 e. The van der Waals surface area contributed by atoms with Gasteiger partial charge in [0.15, 0.2) is 0 Å². The third-order valence-electron chi connectivity index (χ3n) is 1.51. The van der Waals surface area contributed by atoms with Gasteiger partial charge in [-0.15, -0.1) is 0 Å². The van der Waals surface area contributed by atoms with E-state index in [9.17, 15) is 0 Å². The molecule has 0 saturated heterocycles. The van der Waals surface area contributed by atoms with Crippen molar-refractivity contribution in [3.63, 3.8) is 0 Å². The smallest absolute Gasteiger partial charge is 0.0560 e. The van der Waals surface area contributed by atoms with Gasteiger partial charge in [0.2, 0.25) is 0 Å². The highest BCUT2D eigenvalue weighted by Gasteiger charge is 2.00. The van der Waals surface area contributed by atoms with Crippen molar-refractivity contribution < 1.29 is 4.74 Å². The minimum atomic E-state index is 0.357. The van der Waals surface area contributed by atoms with Crippen LogP contribution in [0.25, 0.3) is 0 Å². The minimum absolute atomic E-state index is 0.357. The molecule has 74 valence electrons. The summed E-state index contributed by atoms with van der Waals surface area (Å²) in [4.78, 5) is 0. The molecule has 0 heterocycles. The average molecular weight is 191 g/mol. The third kappa shape index (κ3) is 8.37. The predicted molar refractivity (Wildman–Crippen MR) is 56.7 cm³/mol. The van der Waals surface area contributed by atoms with Gasteiger partial charge in [-0.25, -0.2) is 0 Å². The Balaban J connectivity index is 3.08. The van der Waals surface area contributed by atoms with Crippen molar-refractivity contribution >= 4 is 11.8 Å². The second kappa shape index (κ2) is 7.90. The van der Waals surface area contributed by atoms with E-state index in [0.717, 1.165) is 25.3 Å². The first-order valence-corrected chi connectivity index (χ1v) is 5.65. The first-order valence-electron chi connectivity index (χ1n) is 4.60. The molecule has 0 spiro atoms. The molecule has 2 nitrogen and oxygen atoms in total. The zero-order valence-corrected chi connectivity index (χ0v) is 9.19. The second-order valence-corrected chi connectivity index (χ2v) is 4.72. The maximum Gasteiger partial charge on any atom is 0.0560 e. The molecule has 0 saturated carbocycles. The number of hydrogen-bond donors (Lipinski definition) is 1. The van der Waals surface area contributed by atoms with E-state index in [0.29, 0.717) is 11.4 Å². The molecular formula is C9H21NOS. The summed E-state index contributed by atoms with van der Waals surface area (Å²) >= 11 is 1.94. The zero-order valence-electron chi connectivity index (χ0n) is 8.38. The summed E-state index contributed by atoms with van der Waals surface area (Å²) < 4.78 is 5.42. The number of hydrogen-bond acceptors (Lipinski definition) is 3. The van der Waals surface area contributed by atoms with E-state index >= 15 is 0 Å². The van der Waals surface area contributed by atoms with E-state index in [1.54, 1.807) is 0 Å². The Morgan fingerprint density at radius 3 is 2.50 bits per heavy atom. The standard InChI is InChI=1S/C9H21NOS/c1-8(2)11-6-7-12-9(3)4-5-10/h8-9H,4-7,10H2,1-3H3. The quantitative estimate of drug-likeness (QED) is 0.624. The maximum atomic E-state index is 5.44. The molecule has 1 unspecified atom stereocenters. The lowest BCUT2D eigenvalue weighted by Gasteiger charge is -2.11. The zero-order chi connectivity index (χ0) is 9.40. The first-order chi connectivity index (χ1) is 5.66. The molecule has 0 aliphatic carbocycles. The Bertz CT molecular complexity index is 98.5. The highest BCUT2D eigenvalue weighted by Crippen LogP contribution is 2.12. The third-order valence-corrected chi connectivity index (χ3v) is 2.72. The van der Waals surface area contributed by atoms with Crippen molar-refractivity contribution in [1.82, 2.24) is 0 Å². The molecule has 2 N–H and O–H groups in total. The second-order valence-electron chi connectivity index (χ2n) is 3.18. The minimum Gasteiger partial charge on any atom is -0.378 e. The van der Waals surface area contributed by atoms with Gasteiger partial charge in [-0.2, -0.15) is 11.8 Å². The van der Waals surface area contributed by atoms with E-state index in [2.05, 4.69) is 20.8 Å². The summed E-state index contributed by atoms with van der Waals surface area (Å²) in [5.74, 6) is 1.08. The molecule has 3 heteroatoms. The van der Waals surface area contributed by atoms with Crippen LogP contribution < -0.4 is 5.73 Å². The van der Waals surface area contributed by atoms with Gasteiger partial charge in [-0.05, 0) is 26.8 Å². The fraction of sp³-hybridized carbons (Fsp3) is 1.00. The van der Waals surface area contributed by atoms with Crippen molar-refractivity contribution in [3.05, 3.63) is 0 Å². The lowest BCUT2D eigenvalue weighted by molar-refractivity contribution is 0.0920.